The van der Waals surface area contributed by atoms with Gasteiger partial charge in [-0.1, -0.05) is 12.1 Å². The molecule has 1 aromatic rings. The lowest BCUT2D eigenvalue weighted by atomic mass is 9.84. The van der Waals surface area contributed by atoms with Gasteiger partial charge in [0, 0.05) is 51.4 Å². The summed E-state index contributed by atoms with van der Waals surface area (Å²) in [6.07, 6.45) is 7.09. The zero-order valence-electron chi connectivity index (χ0n) is 23.1. The Hall–Kier alpha value is -2.61. The van der Waals surface area contributed by atoms with Crippen molar-refractivity contribution in [1.82, 2.24) is 15.5 Å². The van der Waals surface area contributed by atoms with Crippen LogP contribution in [0.5, 0.6) is 0 Å². The highest BCUT2D eigenvalue weighted by Crippen LogP contribution is 2.28. The molecule has 8 nitrogen and oxygen atoms in total. The number of alkyl carbamates (subject to hydrolysis) is 1. The van der Waals surface area contributed by atoms with Gasteiger partial charge in [0.25, 0.3) is 0 Å². The number of aldehydes is 1. The van der Waals surface area contributed by atoms with Crippen LogP contribution in [-0.4, -0.2) is 74.6 Å². The normalized spacial score (nSPS) is 21.7. The van der Waals surface area contributed by atoms with Crippen molar-refractivity contribution in [1.29, 1.82) is 0 Å². The van der Waals surface area contributed by atoms with Crippen molar-refractivity contribution in [3.8, 4) is 0 Å². The monoisotopic (exact) mass is 514 g/mol. The first-order valence-electron chi connectivity index (χ1n) is 13.9. The van der Waals surface area contributed by atoms with Gasteiger partial charge in [0.2, 0.25) is 5.91 Å². The van der Waals surface area contributed by atoms with Crippen LogP contribution in [0.4, 0.5) is 10.5 Å². The van der Waals surface area contributed by atoms with Gasteiger partial charge in [-0.05, 0) is 89.5 Å². The molecule has 37 heavy (non-hydrogen) atoms. The molecule has 0 spiro atoms. The molecule has 1 saturated carbocycles. The number of benzene rings is 1. The highest BCUT2D eigenvalue weighted by atomic mass is 16.6. The molecule has 0 bridgehead atoms. The lowest BCUT2D eigenvalue weighted by Gasteiger charge is -2.37. The Morgan fingerprint density at radius 3 is 2.27 bits per heavy atom. The zero-order chi connectivity index (χ0) is 26.8. The number of likely N-dealkylation sites (N-methyl/N-ethyl adjacent to an activating group) is 1. The van der Waals surface area contributed by atoms with Gasteiger partial charge in [-0.2, -0.15) is 0 Å². The fourth-order valence-electron chi connectivity index (χ4n) is 5.44. The van der Waals surface area contributed by atoms with Crippen LogP contribution in [0.25, 0.3) is 0 Å². The van der Waals surface area contributed by atoms with Crippen LogP contribution in [0.1, 0.15) is 77.2 Å². The number of amides is 2. The third-order valence-corrected chi connectivity index (χ3v) is 7.59. The van der Waals surface area contributed by atoms with Crippen molar-refractivity contribution < 1.29 is 19.1 Å². The molecule has 2 N–H and O–H groups in total. The Labute approximate surface area is 222 Å². The first-order chi connectivity index (χ1) is 17.7. The van der Waals surface area contributed by atoms with Gasteiger partial charge in [0.15, 0.2) is 0 Å². The Morgan fingerprint density at radius 1 is 1.05 bits per heavy atom. The summed E-state index contributed by atoms with van der Waals surface area (Å²) in [6.45, 7) is 10.9. The molecule has 1 heterocycles. The lowest BCUT2D eigenvalue weighted by Crippen LogP contribution is -2.47. The van der Waals surface area contributed by atoms with Gasteiger partial charge in [0.1, 0.15) is 11.9 Å². The van der Waals surface area contributed by atoms with E-state index >= 15 is 0 Å². The Morgan fingerprint density at radius 2 is 1.70 bits per heavy atom. The molecular weight excluding hydrogens is 468 g/mol. The Kier molecular flexibility index (Phi) is 10.8. The Balaban J connectivity index is 1.37. The van der Waals surface area contributed by atoms with E-state index in [1.807, 2.05) is 32.9 Å². The minimum atomic E-state index is -0.456. The molecule has 1 aliphatic heterocycles. The van der Waals surface area contributed by atoms with Gasteiger partial charge >= 0.3 is 6.09 Å². The Bertz CT molecular complexity index is 867. The van der Waals surface area contributed by atoms with Crippen molar-refractivity contribution in [2.75, 3.05) is 44.7 Å². The van der Waals surface area contributed by atoms with Crippen molar-refractivity contribution >= 4 is 24.0 Å². The maximum atomic E-state index is 12.3. The van der Waals surface area contributed by atoms with E-state index in [-0.39, 0.29) is 24.0 Å². The molecule has 1 atom stereocenters. The summed E-state index contributed by atoms with van der Waals surface area (Å²) in [7, 11) is 1.64. The number of nitrogens with one attached hydrogen (secondary N) is 2. The summed E-state index contributed by atoms with van der Waals surface area (Å²) in [5.74, 6) is 0.398. The minimum Gasteiger partial charge on any atom is -0.444 e. The van der Waals surface area contributed by atoms with E-state index in [2.05, 4.69) is 32.6 Å². The molecule has 1 unspecified atom stereocenters. The average molecular weight is 515 g/mol. The lowest BCUT2D eigenvalue weighted by molar-refractivity contribution is -0.122. The van der Waals surface area contributed by atoms with E-state index in [0.29, 0.717) is 12.8 Å². The molecule has 2 aliphatic rings. The molecule has 1 aliphatic carbocycles. The van der Waals surface area contributed by atoms with Gasteiger partial charge in [-0.25, -0.2) is 4.79 Å². The molecule has 0 radical (unpaired) electrons. The number of rotatable bonds is 10. The summed E-state index contributed by atoms with van der Waals surface area (Å²) < 4.78 is 5.39. The van der Waals surface area contributed by atoms with E-state index < -0.39 is 5.60 Å². The number of piperazine rings is 1. The molecule has 3 rings (SSSR count). The topological polar surface area (TPSA) is 91.0 Å². The van der Waals surface area contributed by atoms with E-state index in [9.17, 15) is 14.4 Å². The van der Waals surface area contributed by atoms with E-state index in [0.717, 1.165) is 76.2 Å². The van der Waals surface area contributed by atoms with Crippen molar-refractivity contribution in [2.45, 2.75) is 83.3 Å². The summed E-state index contributed by atoms with van der Waals surface area (Å²) in [4.78, 5) is 40.1. The van der Waals surface area contributed by atoms with E-state index in [1.54, 1.807) is 7.05 Å². The SMILES string of the molecule is CNC(=O)C(CCC=O)c1ccc(N2CCN(CCC3CCC(NC(=O)OC(C)(C)C)CC3)CC2)cc1. The van der Waals surface area contributed by atoms with Crippen molar-refractivity contribution in [2.24, 2.45) is 5.92 Å². The number of ether oxygens (including phenoxy) is 1. The summed E-state index contributed by atoms with van der Waals surface area (Å²) in [5, 5.41) is 5.75. The predicted molar refractivity (Wildman–Crippen MR) is 147 cm³/mol. The summed E-state index contributed by atoms with van der Waals surface area (Å²) in [5.41, 5.74) is 1.69. The maximum absolute atomic E-state index is 12.3. The summed E-state index contributed by atoms with van der Waals surface area (Å²) >= 11 is 0. The van der Waals surface area contributed by atoms with Crippen LogP contribution < -0.4 is 15.5 Å². The molecule has 2 amide bonds. The van der Waals surface area contributed by atoms with Gasteiger partial charge in [-0.3, -0.25) is 9.69 Å². The highest BCUT2D eigenvalue weighted by molar-refractivity contribution is 5.83. The quantitative estimate of drug-likeness (QED) is 0.457. The number of hydrogen-bond acceptors (Lipinski definition) is 6. The molecular formula is C29H46N4O4. The fourth-order valence-corrected chi connectivity index (χ4v) is 5.44. The van der Waals surface area contributed by atoms with Crippen LogP contribution in [0.3, 0.4) is 0 Å². The van der Waals surface area contributed by atoms with Crippen molar-refractivity contribution in [3.63, 3.8) is 0 Å². The highest BCUT2D eigenvalue weighted by Gasteiger charge is 2.26. The van der Waals surface area contributed by atoms with Gasteiger partial charge in [-0.15, -0.1) is 0 Å². The number of carbonyl (C=O) groups excluding carboxylic acids is 3. The second kappa shape index (κ2) is 13.8. The van der Waals surface area contributed by atoms with Crippen molar-refractivity contribution in [3.05, 3.63) is 29.8 Å². The van der Waals surface area contributed by atoms with Crippen LogP contribution in [-0.2, 0) is 14.3 Å². The molecule has 1 saturated heterocycles. The molecule has 206 valence electrons. The maximum Gasteiger partial charge on any atom is 0.407 e. The standard InChI is InChI=1S/C29H46N4O4/c1-29(2,3)37-28(36)31-24-11-7-22(8-12-24)15-16-32-17-19-33(20-18-32)25-13-9-23(10-14-25)26(6-5-21-34)27(35)30-4/h9-10,13-14,21-22,24,26H,5-8,11-12,15-20H2,1-4H3,(H,30,35)(H,31,36). The van der Waals surface area contributed by atoms with Crippen LogP contribution in [0.15, 0.2) is 24.3 Å². The average Bonchev–Trinajstić information content (AvgIpc) is 2.88. The number of carbonyl (C=O) groups is 3. The van der Waals surface area contributed by atoms with Gasteiger partial charge in [0.05, 0.1) is 5.92 Å². The fraction of sp³-hybridized carbons (Fsp3) is 0.690. The zero-order valence-corrected chi connectivity index (χ0v) is 23.1. The largest absolute Gasteiger partial charge is 0.444 e. The smallest absolute Gasteiger partial charge is 0.407 e. The van der Waals surface area contributed by atoms with Crippen LogP contribution in [0, 0.1) is 5.92 Å². The minimum absolute atomic E-state index is 0.0454. The first-order valence-corrected chi connectivity index (χ1v) is 13.9. The third kappa shape index (κ3) is 9.33. The van der Waals surface area contributed by atoms with Crippen LogP contribution in [0.2, 0.25) is 0 Å². The van der Waals surface area contributed by atoms with E-state index in [4.69, 9.17) is 4.74 Å². The second-order valence-corrected chi connectivity index (χ2v) is 11.5. The van der Waals surface area contributed by atoms with E-state index in [1.165, 1.54) is 12.1 Å². The molecule has 8 heteroatoms. The first kappa shape index (κ1) is 29.0. The third-order valence-electron chi connectivity index (χ3n) is 7.59. The molecule has 0 aromatic heterocycles. The predicted octanol–water partition coefficient (Wildman–Crippen LogP) is 4.09. The molecule has 2 fully saturated rings. The van der Waals surface area contributed by atoms with Crippen LogP contribution >= 0.6 is 0 Å². The second-order valence-electron chi connectivity index (χ2n) is 11.5. The molecule has 1 aromatic carbocycles. The summed E-state index contributed by atoms with van der Waals surface area (Å²) in [6, 6.07) is 8.50. The number of nitrogens with zero attached hydrogens (tertiary/aromatic N) is 2. The van der Waals surface area contributed by atoms with Gasteiger partial charge < -0.3 is 25.1 Å². The number of anilines is 1. The number of hydrogen-bond donors (Lipinski definition) is 2.